The molecule has 0 spiro atoms. The van der Waals surface area contributed by atoms with Gasteiger partial charge in [0.05, 0.1) is 11.2 Å². The summed E-state index contributed by atoms with van der Waals surface area (Å²) in [5.74, 6) is 0.739. The van der Waals surface area contributed by atoms with Crippen LogP contribution in [0.3, 0.4) is 0 Å². The second-order valence-electron chi connectivity index (χ2n) is 10.9. The molecule has 3 aliphatic rings. The third kappa shape index (κ3) is 4.75. The van der Waals surface area contributed by atoms with E-state index in [9.17, 15) is 18.8 Å². The van der Waals surface area contributed by atoms with Gasteiger partial charge in [-0.1, -0.05) is 6.42 Å². The van der Waals surface area contributed by atoms with Gasteiger partial charge >= 0.3 is 6.29 Å². The fraction of sp³-hybridized carbons (Fsp3) is 0.483. The third-order valence-corrected chi connectivity index (χ3v) is 8.61. The van der Waals surface area contributed by atoms with Gasteiger partial charge in [-0.2, -0.15) is 5.26 Å². The molecule has 2 aromatic heterocycles. The summed E-state index contributed by atoms with van der Waals surface area (Å²) >= 11 is 0. The zero-order chi connectivity index (χ0) is 27.3. The van der Waals surface area contributed by atoms with Gasteiger partial charge in [-0.25, -0.2) is 4.98 Å². The summed E-state index contributed by atoms with van der Waals surface area (Å²) in [7, 11) is 3.70. The first-order chi connectivity index (χ1) is 18.7. The molecule has 2 fully saturated rings. The molecule has 0 saturated heterocycles. The topological polar surface area (TPSA) is 83.6 Å². The Bertz CT molecular complexity index is 1510. The van der Waals surface area contributed by atoms with Gasteiger partial charge < -0.3 is 23.8 Å². The normalized spacial score (nSPS) is 21.8. The van der Waals surface area contributed by atoms with E-state index < -0.39 is 6.29 Å². The average Bonchev–Trinajstić information content (AvgIpc) is 3.22. The van der Waals surface area contributed by atoms with Gasteiger partial charge in [0.25, 0.3) is 5.56 Å². The highest BCUT2D eigenvalue weighted by Gasteiger charge is 2.44. The molecule has 1 aromatic carbocycles. The van der Waals surface area contributed by atoms with Gasteiger partial charge in [0.15, 0.2) is 11.5 Å². The Morgan fingerprint density at radius 1 is 1.05 bits per heavy atom. The number of hydrogen-bond acceptors (Lipinski definition) is 7. The van der Waals surface area contributed by atoms with Crippen molar-refractivity contribution in [2.75, 3.05) is 23.4 Å². The van der Waals surface area contributed by atoms with Gasteiger partial charge in [0.2, 0.25) is 0 Å². The predicted molar refractivity (Wildman–Crippen MR) is 143 cm³/mol. The van der Waals surface area contributed by atoms with Gasteiger partial charge in [-0.15, -0.1) is 8.78 Å². The molecule has 204 valence electrons. The predicted octanol–water partition coefficient (Wildman–Crippen LogP) is 5.18. The van der Waals surface area contributed by atoms with Crippen LogP contribution in [0.5, 0.6) is 11.5 Å². The van der Waals surface area contributed by atoms with E-state index in [0.29, 0.717) is 22.6 Å². The minimum atomic E-state index is -3.63. The third-order valence-electron chi connectivity index (χ3n) is 8.61. The van der Waals surface area contributed by atoms with Crippen LogP contribution in [-0.2, 0) is 7.05 Å². The highest BCUT2D eigenvalue weighted by atomic mass is 19.3. The quantitative estimate of drug-likeness (QED) is 0.430. The Balaban J connectivity index is 1.23. The van der Waals surface area contributed by atoms with Crippen LogP contribution in [0.25, 0.3) is 11.0 Å². The lowest BCUT2D eigenvalue weighted by Gasteiger charge is -2.43. The number of anilines is 2. The molecule has 0 N–H and O–H groups in total. The Morgan fingerprint density at radius 3 is 2.46 bits per heavy atom. The number of hydrogen-bond donors (Lipinski definition) is 0. The van der Waals surface area contributed by atoms with Crippen LogP contribution in [-0.4, -0.2) is 41.5 Å². The number of nitrogens with zero attached hydrogens (tertiary/aromatic N) is 5. The first kappa shape index (κ1) is 25.4. The molecule has 0 atom stereocenters. The molecular weight excluding hydrogens is 504 g/mol. The average molecular weight is 536 g/mol. The van der Waals surface area contributed by atoms with E-state index in [-0.39, 0.29) is 29.1 Å². The molecule has 10 heteroatoms. The number of fused-ring (bicyclic) bond motifs is 2. The SMILES string of the molecule is Cn1c(=O)cc(N(C)[C@H]2CC[C@@H](N(CC3CCC3)c3ccc4c(c3)OC(F)(F)O4)CC2)c2nc(C#N)ccc21. The second kappa shape index (κ2) is 9.70. The van der Waals surface area contributed by atoms with Crippen molar-refractivity contribution in [2.45, 2.75) is 63.3 Å². The Labute approximate surface area is 225 Å². The van der Waals surface area contributed by atoms with Crippen LogP contribution in [0, 0.1) is 17.2 Å². The Kier molecular flexibility index (Phi) is 6.32. The summed E-state index contributed by atoms with van der Waals surface area (Å²) in [6, 6.07) is 12.7. The standard InChI is InChI=1S/C29H31F2N5O3/c1-34(24-15-27(37)35(2)23-12-6-19(16-32)33-28(23)24)20-7-9-21(10-8-20)36(17-18-4-3-5-18)22-11-13-25-26(14-22)39-29(30,31)38-25/h6,11-15,18,20-21H,3-5,7-10,17H2,1-2H3/t20-,21+. The molecule has 39 heavy (non-hydrogen) atoms. The molecule has 3 aromatic rings. The lowest BCUT2D eigenvalue weighted by atomic mass is 9.83. The maximum Gasteiger partial charge on any atom is 0.586 e. The zero-order valence-corrected chi connectivity index (χ0v) is 22.1. The smallest absolute Gasteiger partial charge is 0.395 e. The van der Waals surface area contributed by atoms with Crippen molar-refractivity contribution < 1.29 is 18.3 Å². The molecule has 2 aliphatic carbocycles. The van der Waals surface area contributed by atoms with Crippen LogP contribution in [0.1, 0.15) is 50.6 Å². The minimum Gasteiger partial charge on any atom is -0.395 e. The zero-order valence-electron chi connectivity index (χ0n) is 22.1. The number of rotatable bonds is 6. The second-order valence-corrected chi connectivity index (χ2v) is 10.9. The number of aromatic nitrogens is 2. The van der Waals surface area contributed by atoms with Crippen molar-refractivity contribution in [3.05, 3.63) is 52.4 Å². The number of ether oxygens (including phenoxy) is 2. The van der Waals surface area contributed by atoms with Crippen molar-refractivity contribution in [2.24, 2.45) is 13.0 Å². The van der Waals surface area contributed by atoms with Crippen molar-refractivity contribution >= 4 is 22.4 Å². The molecule has 2 saturated carbocycles. The number of alkyl halides is 2. The fourth-order valence-corrected chi connectivity index (χ4v) is 6.13. The van der Waals surface area contributed by atoms with E-state index in [4.69, 9.17) is 4.74 Å². The summed E-state index contributed by atoms with van der Waals surface area (Å²) in [6.45, 7) is 0.890. The molecule has 0 bridgehead atoms. The lowest BCUT2D eigenvalue weighted by molar-refractivity contribution is -0.286. The molecule has 0 amide bonds. The monoisotopic (exact) mass is 535 g/mol. The summed E-state index contributed by atoms with van der Waals surface area (Å²) in [6.07, 6.45) is 3.62. The maximum absolute atomic E-state index is 13.6. The summed E-state index contributed by atoms with van der Waals surface area (Å²) in [5, 5.41) is 9.38. The van der Waals surface area contributed by atoms with Gasteiger partial charge in [-0.05, 0) is 68.7 Å². The minimum absolute atomic E-state index is 0.0621. The Morgan fingerprint density at radius 2 is 1.77 bits per heavy atom. The van der Waals surface area contributed by atoms with Gasteiger partial charge in [0.1, 0.15) is 17.3 Å². The molecule has 1 aliphatic heterocycles. The number of halogens is 2. The Hall–Kier alpha value is -3.87. The van der Waals surface area contributed by atoms with E-state index in [1.807, 2.05) is 13.1 Å². The van der Waals surface area contributed by atoms with E-state index >= 15 is 0 Å². The highest BCUT2D eigenvalue weighted by Crippen LogP contribution is 2.44. The van der Waals surface area contributed by atoms with Crippen LogP contribution >= 0.6 is 0 Å². The molecule has 6 rings (SSSR count). The van der Waals surface area contributed by atoms with E-state index in [0.717, 1.165) is 43.6 Å². The van der Waals surface area contributed by atoms with Crippen LogP contribution in [0.15, 0.2) is 41.2 Å². The van der Waals surface area contributed by atoms with E-state index in [1.165, 1.54) is 19.3 Å². The first-order valence-electron chi connectivity index (χ1n) is 13.5. The molecule has 8 nitrogen and oxygen atoms in total. The number of nitriles is 1. The van der Waals surface area contributed by atoms with Crippen LogP contribution in [0.2, 0.25) is 0 Å². The van der Waals surface area contributed by atoms with Crippen LogP contribution in [0.4, 0.5) is 20.2 Å². The number of aryl methyl sites for hydroxylation is 1. The largest absolute Gasteiger partial charge is 0.586 e. The lowest BCUT2D eigenvalue weighted by Crippen LogP contribution is -2.46. The first-order valence-corrected chi connectivity index (χ1v) is 13.5. The van der Waals surface area contributed by atoms with E-state index in [2.05, 4.69) is 25.6 Å². The number of benzene rings is 1. The van der Waals surface area contributed by atoms with Crippen LogP contribution < -0.4 is 24.8 Å². The summed E-state index contributed by atoms with van der Waals surface area (Å²) in [5.41, 5.74) is 3.14. The summed E-state index contributed by atoms with van der Waals surface area (Å²) < 4.78 is 38.2. The molecule has 0 unspecified atom stereocenters. The van der Waals surface area contributed by atoms with Crippen molar-refractivity contribution in [3.8, 4) is 17.6 Å². The molecule has 0 radical (unpaired) electrons. The molecule has 3 heterocycles. The molecular formula is C29H31F2N5O3. The fourth-order valence-electron chi connectivity index (χ4n) is 6.13. The van der Waals surface area contributed by atoms with Gasteiger partial charge in [-0.3, -0.25) is 4.79 Å². The summed E-state index contributed by atoms with van der Waals surface area (Å²) in [4.78, 5) is 21.8. The van der Waals surface area contributed by atoms with Crippen molar-refractivity contribution in [1.82, 2.24) is 9.55 Å². The van der Waals surface area contributed by atoms with Gasteiger partial charge in [0, 0.05) is 50.5 Å². The van der Waals surface area contributed by atoms with Crippen molar-refractivity contribution in [1.29, 1.82) is 5.26 Å². The van der Waals surface area contributed by atoms with E-state index in [1.54, 1.807) is 41.9 Å². The number of pyridine rings is 2. The highest BCUT2D eigenvalue weighted by molar-refractivity contribution is 5.88. The maximum atomic E-state index is 13.6. The van der Waals surface area contributed by atoms with Crippen molar-refractivity contribution in [3.63, 3.8) is 0 Å².